The molecule has 6 heteroatoms. The maximum absolute atomic E-state index is 13.3. The van der Waals surface area contributed by atoms with Crippen molar-refractivity contribution in [2.24, 2.45) is 46.3 Å². The standard InChI is InChI=1S/C65H120N2O4/c1-10-14-16-18-20-21-23-28-37-56(36-27-22-19-17-15-11-2)70-62(68)38-29-24-25-31-48-67(51-50-66(12-3)13-4)49-32-26-30-39-63(69)71-57-44-46-64(8)55(52-57)40-41-58-60-43-42-59(54(7)35-33-34-53(5)6)65(60,9)47-45-61(58)64/h40,53-54,56-61H,10-39,41-52H2,1-9H3. The first-order valence-electron chi connectivity index (χ1n) is 31.9. The molecule has 3 saturated carbocycles. The van der Waals surface area contributed by atoms with Crippen LogP contribution in [-0.4, -0.2) is 73.2 Å². The van der Waals surface area contributed by atoms with Gasteiger partial charge in [0.25, 0.3) is 0 Å². The molecule has 414 valence electrons. The van der Waals surface area contributed by atoms with E-state index in [1.165, 1.54) is 154 Å². The SMILES string of the molecule is CCCCCCCCCCC(CCCCCCCC)OC(=O)CCCCCCN(CCCCCC(=O)OC1CCC2(C)C(=CCC3C2CCC2(C)C(C(C)CCCC(C)C)CCC32)C1)CCN(CC)CC. The van der Waals surface area contributed by atoms with Crippen molar-refractivity contribution >= 4 is 11.9 Å². The quantitative estimate of drug-likeness (QED) is 0.0346. The van der Waals surface area contributed by atoms with E-state index in [1.807, 2.05) is 0 Å². The van der Waals surface area contributed by atoms with Crippen LogP contribution in [0.3, 0.4) is 0 Å². The van der Waals surface area contributed by atoms with Crippen molar-refractivity contribution in [3.63, 3.8) is 0 Å². The first-order valence-corrected chi connectivity index (χ1v) is 31.9. The zero-order chi connectivity index (χ0) is 51.3. The highest BCUT2D eigenvalue weighted by molar-refractivity contribution is 5.69. The normalized spacial score (nSPS) is 26.0. The van der Waals surface area contributed by atoms with E-state index < -0.39 is 0 Å². The second-order valence-corrected chi connectivity index (χ2v) is 25.4. The Morgan fingerprint density at radius 2 is 1.14 bits per heavy atom. The Labute approximate surface area is 441 Å². The van der Waals surface area contributed by atoms with Crippen LogP contribution >= 0.6 is 0 Å². The Morgan fingerprint density at radius 1 is 0.577 bits per heavy atom. The maximum atomic E-state index is 13.3. The number of rotatable bonds is 41. The summed E-state index contributed by atoms with van der Waals surface area (Å²) in [6.45, 7) is 28.4. The number of esters is 2. The summed E-state index contributed by atoms with van der Waals surface area (Å²) in [6.07, 6.45) is 46.2. The van der Waals surface area contributed by atoms with E-state index in [-0.39, 0.29) is 24.1 Å². The van der Waals surface area contributed by atoms with Gasteiger partial charge in [-0.3, -0.25) is 9.59 Å². The second kappa shape index (κ2) is 35.0. The Kier molecular flexibility index (Phi) is 30.7. The molecule has 6 nitrogen and oxygen atoms in total. The molecule has 0 radical (unpaired) electrons. The number of fused-ring (bicyclic) bond motifs is 5. The van der Waals surface area contributed by atoms with Gasteiger partial charge in [0, 0.05) is 32.4 Å². The van der Waals surface area contributed by atoms with Crippen LogP contribution in [0.4, 0.5) is 0 Å². The molecule has 4 aliphatic carbocycles. The summed E-state index contributed by atoms with van der Waals surface area (Å²) < 4.78 is 12.4. The van der Waals surface area contributed by atoms with Gasteiger partial charge < -0.3 is 19.3 Å². The number of hydrogen-bond donors (Lipinski definition) is 0. The van der Waals surface area contributed by atoms with Crippen LogP contribution in [0.2, 0.25) is 0 Å². The average Bonchev–Trinajstić information content (AvgIpc) is 3.71. The lowest BCUT2D eigenvalue weighted by Gasteiger charge is -2.58. The van der Waals surface area contributed by atoms with Gasteiger partial charge in [-0.05, 0) is 169 Å². The fourth-order valence-corrected chi connectivity index (χ4v) is 15.1. The Morgan fingerprint density at radius 3 is 1.76 bits per heavy atom. The molecule has 0 amide bonds. The highest BCUT2D eigenvalue weighted by Crippen LogP contribution is 2.67. The topological polar surface area (TPSA) is 59.1 Å². The number of carbonyl (C=O) groups excluding carboxylic acids is 2. The minimum atomic E-state index is 0.0277. The minimum absolute atomic E-state index is 0.0277. The molecule has 0 aromatic rings. The van der Waals surface area contributed by atoms with E-state index in [4.69, 9.17) is 9.47 Å². The molecule has 9 atom stereocenters. The third-order valence-corrected chi connectivity index (χ3v) is 19.7. The van der Waals surface area contributed by atoms with Crippen molar-refractivity contribution in [2.75, 3.05) is 39.3 Å². The van der Waals surface area contributed by atoms with Gasteiger partial charge in [0.1, 0.15) is 12.2 Å². The zero-order valence-electron chi connectivity index (χ0n) is 48.9. The number of carbonyl (C=O) groups is 2. The number of likely N-dealkylation sites (N-methyl/N-ethyl adjacent to an activating group) is 1. The molecule has 0 bridgehead atoms. The summed E-state index contributed by atoms with van der Waals surface area (Å²) in [5.74, 6) is 5.19. The number of hydrogen-bond acceptors (Lipinski definition) is 6. The van der Waals surface area contributed by atoms with Crippen LogP contribution in [0.1, 0.15) is 293 Å². The van der Waals surface area contributed by atoms with Crippen LogP contribution in [-0.2, 0) is 19.1 Å². The van der Waals surface area contributed by atoms with E-state index >= 15 is 0 Å². The van der Waals surface area contributed by atoms with Crippen molar-refractivity contribution in [3.05, 3.63) is 11.6 Å². The van der Waals surface area contributed by atoms with E-state index in [0.29, 0.717) is 23.7 Å². The van der Waals surface area contributed by atoms with E-state index in [1.54, 1.807) is 5.57 Å². The lowest BCUT2D eigenvalue weighted by Crippen LogP contribution is -2.51. The molecule has 4 aliphatic rings. The monoisotopic (exact) mass is 993 g/mol. The largest absolute Gasteiger partial charge is 0.462 e. The molecule has 0 aromatic heterocycles. The number of allylic oxidation sites excluding steroid dienone is 1. The van der Waals surface area contributed by atoms with Crippen LogP contribution in [0.25, 0.3) is 0 Å². The third kappa shape index (κ3) is 21.6. The summed E-state index contributed by atoms with van der Waals surface area (Å²) in [6, 6.07) is 0. The van der Waals surface area contributed by atoms with Crippen molar-refractivity contribution in [3.8, 4) is 0 Å². The maximum Gasteiger partial charge on any atom is 0.306 e. The van der Waals surface area contributed by atoms with E-state index in [0.717, 1.165) is 139 Å². The van der Waals surface area contributed by atoms with Crippen LogP contribution < -0.4 is 0 Å². The molecule has 0 spiro atoms. The first-order chi connectivity index (χ1) is 34.4. The molecule has 0 aliphatic heterocycles. The third-order valence-electron chi connectivity index (χ3n) is 19.7. The zero-order valence-corrected chi connectivity index (χ0v) is 48.9. The van der Waals surface area contributed by atoms with Gasteiger partial charge in [-0.1, -0.05) is 190 Å². The Balaban J connectivity index is 1.12. The van der Waals surface area contributed by atoms with Crippen molar-refractivity contribution in [1.82, 2.24) is 9.80 Å². The summed E-state index contributed by atoms with van der Waals surface area (Å²) in [4.78, 5) is 31.5. The van der Waals surface area contributed by atoms with Gasteiger partial charge in [0.05, 0.1) is 0 Å². The molecule has 3 fully saturated rings. The predicted molar refractivity (Wildman–Crippen MR) is 304 cm³/mol. The van der Waals surface area contributed by atoms with E-state index in [2.05, 4.69) is 78.2 Å². The fourth-order valence-electron chi connectivity index (χ4n) is 15.1. The molecule has 0 heterocycles. The predicted octanol–water partition coefficient (Wildman–Crippen LogP) is 18.3. The van der Waals surface area contributed by atoms with Gasteiger partial charge in [0.15, 0.2) is 0 Å². The van der Waals surface area contributed by atoms with Gasteiger partial charge >= 0.3 is 11.9 Å². The van der Waals surface area contributed by atoms with Crippen molar-refractivity contribution in [1.29, 1.82) is 0 Å². The van der Waals surface area contributed by atoms with Crippen LogP contribution in [0.5, 0.6) is 0 Å². The molecule has 0 N–H and O–H groups in total. The average molecular weight is 994 g/mol. The number of nitrogens with zero attached hydrogens (tertiary/aromatic N) is 2. The second-order valence-electron chi connectivity index (χ2n) is 25.4. The first kappa shape index (κ1) is 62.1. The Hall–Kier alpha value is -1.40. The number of ether oxygens (including phenoxy) is 2. The summed E-state index contributed by atoms with van der Waals surface area (Å²) in [5.41, 5.74) is 2.45. The fraction of sp³-hybridized carbons (Fsp3) is 0.938. The molecule has 9 unspecified atom stereocenters. The summed E-state index contributed by atoms with van der Waals surface area (Å²) >= 11 is 0. The van der Waals surface area contributed by atoms with E-state index in [9.17, 15) is 9.59 Å². The summed E-state index contributed by atoms with van der Waals surface area (Å²) in [5, 5.41) is 0. The van der Waals surface area contributed by atoms with Crippen molar-refractivity contribution < 1.29 is 19.1 Å². The summed E-state index contributed by atoms with van der Waals surface area (Å²) in [7, 11) is 0. The highest BCUT2D eigenvalue weighted by Gasteiger charge is 2.59. The highest BCUT2D eigenvalue weighted by atomic mass is 16.5. The molecule has 71 heavy (non-hydrogen) atoms. The number of unbranched alkanes of at least 4 members (excludes halogenated alkanes) is 17. The molecule has 0 saturated heterocycles. The molecular weight excluding hydrogens is 873 g/mol. The minimum Gasteiger partial charge on any atom is -0.462 e. The molecule has 0 aromatic carbocycles. The van der Waals surface area contributed by atoms with Crippen LogP contribution in [0.15, 0.2) is 11.6 Å². The lowest BCUT2D eigenvalue weighted by molar-refractivity contribution is -0.152. The van der Waals surface area contributed by atoms with Crippen molar-refractivity contribution in [2.45, 2.75) is 306 Å². The van der Waals surface area contributed by atoms with Gasteiger partial charge in [-0.2, -0.15) is 0 Å². The van der Waals surface area contributed by atoms with Gasteiger partial charge in [-0.25, -0.2) is 0 Å². The van der Waals surface area contributed by atoms with Crippen LogP contribution in [0, 0.1) is 46.3 Å². The molecule has 4 rings (SSSR count). The van der Waals surface area contributed by atoms with Gasteiger partial charge in [-0.15, -0.1) is 0 Å². The molecular formula is C65H120N2O4. The lowest BCUT2D eigenvalue weighted by atomic mass is 9.47. The smallest absolute Gasteiger partial charge is 0.306 e. The van der Waals surface area contributed by atoms with Gasteiger partial charge in [0.2, 0.25) is 0 Å². The Bertz CT molecular complexity index is 1440.